The summed E-state index contributed by atoms with van der Waals surface area (Å²) in [4.78, 5) is 0. The fraction of sp³-hybridized carbons (Fsp3) is 0.269. The first-order chi connectivity index (χ1) is 31.7. The van der Waals surface area contributed by atoms with Crippen molar-refractivity contribution in [1.29, 1.82) is 0 Å². The number of benzene rings is 5. The molecule has 1 atom stereocenters. The Morgan fingerprint density at radius 1 is 0.529 bits per heavy atom. The van der Waals surface area contributed by atoms with Gasteiger partial charge in [-0.1, -0.05) is 55.5 Å². The van der Waals surface area contributed by atoms with Gasteiger partial charge < -0.3 is 9.47 Å². The predicted octanol–water partition coefficient (Wildman–Crippen LogP) is 14.3. The Hall–Kier alpha value is -5.32. The van der Waals surface area contributed by atoms with E-state index < -0.39 is 79.1 Å². The number of hydrogen-bond acceptors (Lipinski definition) is 2. The smallest absolute Gasteiger partial charge is 0.416 e. The van der Waals surface area contributed by atoms with E-state index in [4.69, 9.17) is 9.47 Å². The maximum Gasteiger partial charge on any atom is 0.416 e. The van der Waals surface area contributed by atoms with Crippen LogP contribution in [0.15, 0.2) is 115 Å². The van der Waals surface area contributed by atoms with Gasteiger partial charge in [0.15, 0.2) is 0 Å². The highest BCUT2D eigenvalue weighted by Crippen LogP contribution is 2.52. The van der Waals surface area contributed by atoms with Crippen molar-refractivity contribution in [1.82, 2.24) is 0 Å². The molecular weight excluding hydrogens is 946 g/mol. The van der Waals surface area contributed by atoms with Crippen LogP contribution in [0.3, 0.4) is 0 Å². The van der Waals surface area contributed by atoms with Crippen molar-refractivity contribution in [2.75, 3.05) is 14.2 Å². The summed E-state index contributed by atoms with van der Waals surface area (Å²) in [5.41, 5.74) is -1.77. The largest absolute Gasteiger partial charge is 0.496 e. The van der Waals surface area contributed by atoms with E-state index in [1.54, 1.807) is 26.4 Å². The van der Waals surface area contributed by atoms with Gasteiger partial charge in [0.25, 0.3) is 0 Å². The summed E-state index contributed by atoms with van der Waals surface area (Å²) in [5.74, 6) is 1.36. The zero-order chi connectivity index (χ0) is 49.8. The number of rotatable bonds is 11. The third kappa shape index (κ3) is 10.2. The van der Waals surface area contributed by atoms with Crippen LogP contribution in [0, 0.1) is 27.7 Å². The van der Waals surface area contributed by atoms with E-state index >= 15 is 0 Å². The van der Waals surface area contributed by atoms with Crippen molar-refractivity contribution in [3.05, 3.63) is 170 Å². The number of ether oxygens (including phenoxy) is 2. The number of aryl methyl sites for hydroxylation is 4. The molecule has 2 aliphatic rings. The molecule has 0 amide bonds. The molecule has 0 fully saturated rings. The van der Waals surface area contributed by atoms with Crippen LogP contribution in [0.5, 0.6) is 11.5 Å². The first-order valence-electron chi connectivity index (χ1n) is 21.1. The molecule has 5 aromatic carbocycles. The SMILES string of the molecule is COc1c(C)cc(P(c2cc(C)c(OC)c(C)c2)c2cccc(C3=CCC=C3)c2C2=C([C@@H](C)P(c3cc(C(F)(F)F)cc(C(F)(F)F)c3)c3cc(C(F)(F)F)cc(C(F)(F)F)c3)C=CC2)cc1C. The highest BCUT2D eigenvalue weighted by atomic mass is 31.1. The molecule has 0 aliphatic heterocycles. The van der Waals surface area contributed by atoms with E-state index in [1.807, 2.05) is 88.4 Å². The molecule has 16 heteroatoms. The number of alkyl halides is 12. The lowest BCUT2D eigenvalue weighted by atomic mass is 9.91. The second-order valence-electron chi connectivity index (χ2n) is 16.7. The molecule has 0 radical (unpaired) electrons. The summed E-state index contributed by atoms with van der Waals surface area (Å²) in [7, 11) is -1.31. The van der Waals surface area contributed by atoms with Gasteiger partial charge in [-0.25, -0.2) is 0 Å². The summed E-state index contributed by atoms with van der Waals surface area (Å²) in [6, 6.07) is 15.2. The summed E-state index contributed by atoms with van der Waals surface area (Å²) in [6.07, 6.45) is -11.5. The molecule has 2 aliphatic carbocycles. The minimum atomic E-state index is -5.37. The Kier molecular flexibility index (Phi) is 14.0. The number of methoxy groups -OCH3 is 2. The van der Waals surface area contributed by atoms with Gasteiger partial charge in [-0.05, 0) is 194 Å². The molecule has 0 saturated carbocycles. The Labute approximate surface area is 388 Å². The van der Waals surface area contributed by atoms with Gasteiger partial charge >= 0.3 is 24.7 Å². The Balaban J connectivity index is 1.59. The first-order valence-corrected chi connectivity index (χ1v) is 23.9. The van der Waals surface area contributed by atoms with Crippen LogP contribution in [-0.4, -0.2) is 19.9 Å². The molecule has 0 heterocycles. The van der Waals surface area contributed by atoms with Gasteiger partial charge in [0.1, 0.15) is 11.5 Å². The summed E-state index contributed by atoms with van der Waals surface area (Å²) in [5, 5.41) is 1.20. The van der Waals surface area contributed by atoms with Crippen LogP contribution in [0.4, 0.5) is 52.7 Å². The standard InChI is InChI=1S/C52H44F12O2P2/c1-28-18-38(19-29(2)47(28)65-6)68(39-20-30(3)48(66-7)31(4)21-39)45-17-11-15-43(33-12-8-9-13-33)46(45)44-16-10-14-42(44)32(5)67(40-24-34(49(53,54)55)22-35(25-40)50(56,57)58)41-26-36(51(59,60)61)23-37(27-41)52(62,63)64/h8,10-15,17-27,32H,9,16H2,1-7H3/t32-/m1/s1. The Morgan fingerprint density at radius 2 is 0.956 bits per heavy atom. The topological polar surface area (TPSA) is 18.5 Å². The lowest BCUT2D eigenvalue weighted by Crippen LogP contribution is -2.27. The molecular formula is C52H44F12O2P2. The third-order valence-corrected chi connectivity index (χ3v) is 17.1. The van der Waals surface area contributed by atoms with Crippen molar-refractivity contribution in [2.24, 2.45) is 0 Å². The van der Waals surface area contributed by atoms with E-state index in [9.17, 15) is 52.7 Å². The molecule has 2 nitrogen and oxygen atoms in total. The molecule has 0 unspecified atom stereocenters. The maximum absolute atomic E-state index is 14.5. The van der Waals surface area contributed by atoms with Crippen LogP contribution in [0.1, 0.15) is 75.4 Å². The highest BCUT2D eigenvalue weighted by Gasteiger charge is 2.42. The normalized spacial score (nSPS) is 15.0. The monoisotopic (exact) mass is 990 g/mol. The molecule has 0 saturated heterocycles. The molecule has 0 bridgehead atoms. The maximum atomic E-state index is 14.5. The van der Waals surface area contributed by atoms with Crippen molar-refractivity contribution in [3.8, 4) is 11.5 Å². The van der Waals surface area contributed by atoms with Gasteiger partial charge in [-0.3, -0.25) is 0 Å². The summed E-state index contributed by atoms with van der Waals surface area (Å²) in [6.45, 7) is 9.10. The lowest BCUT2D eigenvalue weighted by Gasteiger charge is -2.31. The minimum Gasteiger partial charge on any atom is -0.496 e. The highest BCUT2D eigenvalue weighted by molar-refractivity contribution is 7.80. The Morgan fingerprint density at radius 3 is 1.32 bits per heavy atom. The van der Waals surface area contributed by atoms with E-state index in [2.05, 4.69) is 0 Å². The summed E-state index contributed by atoms with van der Waals surface area (Å²) >= 11 is 0. The first kappa shape index (κ1) is 50.6. The fourth-order valence-electron chi connectivity index (χ4n) is 9.18. The number of allylic oxidation sites excluding steroid dienone is 8. The van der Waals surface area contributed by atoms with Gasteiger partial charge in [0, 0.05) is 5.66 Å². The fourth-order valence-corrected chi connectivity index (χ4v) is 14.9. The minimum absolute atomic E-state index is 0.117. The van der Waals surface area contributed by atoms with E-state index in [0.29, 0.717) is 58.9 Å². The number of halogens is 12. The van der Waals surface area contributed by atoms with Crippen molar-refractivity contribution < 1.29 is 62.2 Å². The zero-order valence-corrected chi connectivity index (χ0v) is 39.4. The van der Waals surface area contributed by atoms with Gasteiger partial charge in [-0.2, -0.15) is 52.7 Å². The van der Waals surface area contributed by atoms with Gasteiger partial charge in [0.2, 0.25) is 0 Å². The molecule has 68 heavy (non-hydrogen) atoms. The lowest BCUT2D eigenvalue weighted by molar-refractivity contribution is -0.144. The second kappa shape index (κ2) is 18.9. The average molecular weight is 991 g/mol. The van der Waals surface area contributed by atoms with Crippen LogP contribution < -0.4 is 36.0 Å². The molecule has 5 aromatic rings. The molecule has 0 N–H and O–H groups in total. The average Bonchev–Trinajstić information content (AvgIpc) is 3.96. The van der Waals surface area contributed by atoms with Crippen molar-refractivity contribution in [3.63, 3.8) is 0 Å². The van der Waals surface area contributed by atoms with Crippen LogP contribution in [0.2, 0.25) is 0 Å². The summed E-state index contributed by atoms with van der Waals surface area (Å²) < 4.78 is 186. The van der Waals surface area contributed by atoms with E-state index in [0.717, 1.165) is 49.3 Å². The Bertz CT molecular complexity index is 2650. The second-order valence-corrected chi connectivity index (χ2v) is 21.4. The van der Waals surface area contributed by atoms with Crippen LogP contribution in [-0.2, 0) is 24.7 Å². The third-order valence-electron chi connectivity index (χ3n) is 12.0. The van der Waals surface area contributed by atoms with Gasteiger partial charge in [0.05, 0.1) is 36.5 Å². The molecule has 0 spiro atoms. The van der Waals surface area contributed by atoms with Crippen molar-refractivity contribution >= 4 is 53.5 Å². The quantitative estimate of drug-likeness (QED) is 0.0970. The zero-order valence-electron chi connectivity index (χ0n) is 37.6. The van der Waals surface area contributed by atoms with Crippen LogP contribution >= 0.6 is 15.8 Å². The van der Waals surface area contributed by atoms with Crippen LogP contribution in [0.25, 0.3) is 11.1 Å². The van der Waals surface area contributed by atoms with Gasteiger partial charge in [-0.15, -0.1) is 0 Å². The molecule has 7 rings (SSSR count). The van der Waals surface area contributed by atoms with Crippen molar-refractivity contribution in [2.45, 2.75) is 77.8 Å². The van der Waals surface area contributed by atoms with E-state index in [-0.39, 0.29) is 18.6 Å². The molecule has 358 valence electrons. The predicted molar refractivity (Wildman–Crippen MR) is 248 cm³/mol. The van der Waals surface area contributed by atoms with E-state index in [1.165, 1.54) is 6.92 Å². The molecule has 0 aromatic heterocycles. The number of hydrogen-bond donors (Lipinski definition) is 0.